The summed E-state index contributed by atoms with van der Waals surface area (Å²) in [6.07, 6.45) is 3.12. The minimum Gasteiger partial charge on any atom is -0.450 e. The number of thiocarbonyl (C=S) groups is 1. The zero-order valence-corrected chi connectivity index (χ0v) is 12.4. The normalized spacial score (nSPS) is 22.1. The van der Waals surface area contributed by atoms with Crippen LogP contribution in [0.2, 0.25) is 0 Å². The molecule has 1 saturated carbocycles. The van der Waals surface area contributed by atoms with Crippen LogP contribution in [0.25, 0.3) is 0 Å². The number of carbonyl (C=O) groups is 1. The largest absolute Gasteiger partial charge is 0.450 e. The quantitative estimate of drug-likeness (QED) is 0.770. The Labute approximate surface area is 120 Å². The van der Waals surface area contributed by atoms with E-state index >= 15 is 0 Å². The lowest BCUT2D eigenvalue weighted by atomic mass is 10.0. The predicted molar refractivity (Wildman–Crippen MR) is 78.1 cm³/mol. The van der Waals surface area contributed by atoms with Crippen molar-refractivity contribution in [3.8, 4) is 0 Å². The van der Waals surface area contributed by atoms with Crippen LogP contribution in [0.1, 0.15) is 26.2 Å². The number of carbonyl (C=O) groups excluding carboxylic acids is 1. The first-order chi connectivity index (χ1) is 9.04. The van der Waals surface area contributed by atoms with Crippen molar-refractivity contribution < 1.29 is 9.53 Å². The molecule has 1 aliphatic heterocycles. The number of nitrogens with two attached hydrogens (primary N) is 1. The second-order valence-corrected chi connectivity index (χ2v) is 6.13. The monoisotopic (exact) mass is 285 g/mol. The number of ether oxygens (including phenoxy) is 1. The van der Waals surface area contributed by atoms with E-state index in [2.05, 4.69) is 4.90 Å². The molecule has 19 heavy (non-hydrogen) atoms. The first kappa shape index (κ1) is 14.5. The average Bonchev–Trinajstić information content (AvgIpc) is 3.08. The molecule has 0 aromatic rings. The van der Waals surface area contributed by atoms with Gasteiger partial charge < -0.3 is 15.4 Å². The van der Waals surface area contributed by atoms with Crippen molar-refractivity contribution in [2.75, 3.05) is 39.3 Å². The molecular weight excluding hydrogens is 262 g/mol. The Bertz CT molecular complexity index is 350. The average molecular weight is 285 g/mol. The Morgan fingerprint density at radius 2 is 1.95 bits per heavy atom. The standard InChI is InChI=1S/C13H23N3O2S/c1-2-18-12(17)16-7-5-15(6-8-16)10-13(3-4-13)9-11(14)19/h2-10H2,1H3,(H2,14,19). The summed E-state index contributed by atoms with van der Waals surface area (Å²) in [5, 5.41) is 0. The Kier molecular flexibility index (Phi) is 4.62. The number of nitrogens with zero attached hydrogens (tertiary/aromatic N) is 2. The lowest BCUT2D eigenvalue weighted by molar-refractivity contribution is 0.0741. The molecular formula is C13H23N3O2S. The highest BCUT2D eigenvalue weighted by Gasteiger charge is 2.44. The van der Waals surface area contributed by atoms with Crippen molar-refractivity contribution in [1.29, 1.82) is 0 Å². The van der Waals surface area contributed by atoms with Gasteiger partial charge in [0.25, 0.3) is 0 Å². The number of rotatable bonds is 5. The fraction of sp³-hybridized carbons (Fsp3) is 0.846. The molecule has 0 bridgehead atoms. The molecule has 6 heteroatoms. The summed E-state index contributed by atoms with van der Waals surface area (Å²) < 4.78 is 5.02. The van der Waals surface area contributed by atoms with Gasteiger partial charge in [0, 0.05) is 39.1 Å². The molecule has 0 unspecified atom stereocenters. The molecule has 2 N–H and O–H groups in total. The van der Waals surface area contributed by atoms with Crippen molar-refractivity contribution in [3.63, 3.8) is 0 Å². The van der Waals surface area contributed by atoms with Gasteiger partial charge in [-0.25, -0.2) is 4.79 Å². The van der Waals surface area contributed by atoms with Crippen LogP contribution in [0.3, 0.4) is 0 Å². The molecule has 2 fully saturated rings. The highest BCUT2D eigenvalue weighted by Crippen LogP contribution is 2.49. The second kappa shape index (κ2) is 6.05. The van der Waals surface area contributed by atoms with Crippen molar-refractivity contribution in [3.05, 3.63) is 0 Å². The minimum atomic E-state index is -0.188. The van der Waals surface area contributed by atoms with E-state index < -0.39 is 0 Å². The third kappa shape index (κ3) is 4.04. The molecule has 5 nitrogen and oxygen atoms in total. The van der Waals surface area contributed by atoms with Gasteiger partial charge in [-0.15, -0.1) is 0 Å². The van der Waals surface area contributed by atoms with Crippen LogP contribution in [0.4, 0.5) is 4.79 Å². The van der Waals surface area contributed by atoms with E-state index in [9.17, 15) is 4.79 Å². The van der Waals surface area contributed by atoms with Crippen molar-refractivity contribution in [1.82, 2.24) is 9.80 Å². The number of hydrogen-bond acceptors (Lipinski definition) is 4. The van der Waals surface area contributed by atoms with Crippen molar-refractivity contribution in [2.45, 2.75) is 26.2 Å². The molecule has 1 saturated heterocycles. The maximum absolute atomic E-state index is 11.6. The van der Waals surface area contributed by atoms with E-state index in [1.165, 1.54) is 12.8 Å². The molecule has 1 heterocycles. The molecule has 2 rings (SSSR count). The smallest absolute Gasteiger partial charge is 0.409 e. The van der Waals surface area contributed by atoms with Crippen molar-refractivity contribution in [2.24, 2.45) is 11.1 Å². The van der Waals surface area contributed by atoms with E-state index in [0.717, 1.165) is 39.1 Å². The Hall–Kier alpha value is -0.880. The van der Waals surface area contributed by atoms with E-state index in [1.54, 1.807) is 4.90 Å². The topological polar surface area (TPSA) is 58.8 Å². The fourth-order valence-electron chi connectivity index (χ4n) is 2.71. The van der Waals surface area contributed by atoms with E-state index in [1.807, 2.05) is 6.92 Å². The molecule has 1 aliphatic carbocycles. The number of amides is 1. The van der Waals surface area contributed by atoms with E-state index in [-0.39, 0.29) is 6.09 Å². The van der Waals surface area contributed by atoms with Crippen LogP contribution in [-0.4, -0.2) is 60.2 Å². The van der Waals surface area contributed by atoms with Crippen molar-refractivity contribution >= 4 is 23.3 Å². The summed E-state index contributed by atoms with van der Waals surface area (Å²) in [6, 6.07) is 0. The van der Waals surface area contributed by atoms with E-state index in [4.69, 9.17) is 22.7 Å². The van der Waals surface area contributed by atoms with Crippen LogP contribution < -0.4 is 5.73 Å². The molecule has 0 spiro atoms. The molecule has 0 aromatic carbocycles. The molecule has 1 amide bonds. The van der Waals surface area contributed by atoms with Gasteiger partial charge >= 0.3 is 6.09 Å². The number of piperazine rings is 1. The highest BCUT2D eigenvalue weighted by atomic mass is 32.1. The summed E-state index contributed by atoms with van der Waals surface area (Å²) in [7, 11) is 0. The Balaban J connectivity index is 1.75. The van der Waals surface area contributed by atoms with Crippen LogP contribution in [0.15, 0.2) is 0 Å². The van der Waals surface area contributed by atoms with Gasteiger partial charge in [-0.2, -0.15) is 0 Å². The van der Waals surface area contributed by atoms with Gasteiger partial charge in [0.1, 0.15) is 0 Å². The summed E-state index contributed by atoms with van der Waals surface area (Å²) in [5.74, 6) is 0. The second-order valence-electron chi connectivity index (χ2n) is 5.61. The van der Waals surface area contributed by atoms with Gasteiger partial charge in [0.15, 0.2) is 0 Å². The van der Waals surface area contributed by atoms with E-state index in [0.29, 0.717) is 17.0 Å². The predicted octanol–water partition coefficient (Wildman–Crippen LogP) is 1.22. The van der Waals surface area contributed by atoms with Gasteiger partial charge in [-0.05, 0) is 25.2 Å². The maximum atomic E-state index is 11.6. The lowest BCUT2D eigenvalue weighted by Gasteiger charge is -2.36. The Morgan fingerprint density at radius 1 is 1.32 bits per heavy atom. The van der Waals surface area contributed by atoms with Gasteiger partial charge in [0.2, 0.25) is 0 Å². The summed E-state index contributed by atoms with van der Waals surface area (Å²) in [6.45, 7) is 6.66. The third-order valence-corrected chi connectivity index (χ3v) is 4.11. The van der Waals surface area contributed by atoms with Crippen LogP contribution in [0.5, 0.6) is 0 Å². The minimum absolute atomic E-state index is 0.188. The molecule has 2 aliphatic rings. The summed E-state index contributed by atoms with van der Waals surface area (Å²) in [5.41, 5.74) is 5.99. The zero-order valence-electron chi connectivity index (χ0n) is 11.6. The number of hydrogen-bond donors (Lipinski definition) is 1. The molecule has 108 valence electrons. The third-order valence-electron chi connectivity index (χ3n) is 3.96. The van der Waals surface area contributed by atoms with Crippen LogP contribution >= 0.6 is 12.2 Å². The molecule has 0 atom stereocenters. The SMILES string of the molecule is CCOC(=O)N1CCN(CC2(CC(N)=S)CC2)CC1. The first-order valence-electron chi connectivity index (χ1n) is 6.97. The van der Waals surface area contributed by atoms with Gasteiger partial charge in [-0.3, -0.25) is 4.90 Å². The lowest BCUT2D eigenvalue weighted by Crippen LogP contribution is -2.50. The first-order valence-corrected chi connectivity index (χ1v) is 7.38. The summed E-state index contributed by atoms with van der Waals surface area (Å²) in [4.78, 5) is 16.4. The van der Waals surface area contributed by atoms with Gasteiger partial charge in [-0.1, -0.05) is 12.2 Å². The summed E-state index contributed by atoms with van der Waals surface area (Å²) >= 11 is 5.02. The Morgan fingerprint density at radius 3 is 2.42 bits per heavy atom. The molecule has 0 aromatic heterocycles. The fourth-order valence-corrected chi connectivity index (χ4v) is 3.02. The maximum Gasteiger partial charge on any atom is 0.409 e. The van der Waals surface area contributed by atoms with Crippen LogP contribution in [0, 0.1) is 5.41 Å². The molecule has 0 radical (unpaired) electrons. The van der Waals surface area contributed by atoms with Crippen LogP contribution in [-0.2, 0) is 4.74 Å². The highest BCUT2D eigenvalue weighted by molar-refractivity contribution is 7.80. The van der Waals surface area contributed by atoms with Gasteiger partial charge in [0.05, 0.1) is 11.6 Å². The zero-order chi connectivity index (χ0) is 13.9.